The Balaban J connectivity index is 3.34. The SMILES string of the molecule is CN(O)S(=O)(=O)c1cc(C(=O)O)sc1Br. The third-order valence-corrected chi connectivity index (χ3v) is 5.28. The highest BCUT2D eigenvalue weighted by Crippen LogP contribution is 2.32. The molecule has 0 saturated heterocycles. The zero-order chi connectivity index (χ0) is 11.8. The highest BCUT2D eigenvalue weighted by atomic mass is 79.9. The molecule has 6 nitrogen and oxygen atoms in total. The molecule has 9 heteroatoms. The molecule has 0 spiro atoms. The Bertz CT molecular complexity index is 492. The standard InChI is InChI=1S/C6H6BrNO5S2/c1-8(11)15(12,13)4-2-3(6(9)10)14-5(4)7/h2,11H,1H3,(H,9,10). The van der Waals surface area contributed by atoms with E-state index in [1.54, 1.807) is 0 Å². The first-order valence-electron chi connectivity index (χ1n) is 3.47. The molecule has 1 aromatic rings. The number of rotatable bonds is 3. The molecule has 0 aliphatic heterocycles. The molecule has 0 aromatic carbocycles. The highest BCUT2D eigenvalue weighted by molar-refractivity contribution is 9.11. The second kappa shape index (κ2) is 4.18. The molecule has 0 bridgehead atoms. The van der Waals surface area contributed by atoms with Gasteiger partial charge in [0.05, 0.1) is 3.79 Å². The number of nitrogens with zero attached hydrogens (tertiary/aromatic N) is 1. The maximum absolute atomic E-state index is 11.4. The Morgan fingerprint density at radius 1 is 1.60 bits per heavy atom. The first-order chi connectivity index (χ1) is 6.76. The van der Waals surface area contributed by atoms with Crippen LogP contribution in [0, 0.1) is 0 Å². The van der Waals surface area contributed by atoms with Crippen molar-refractivity contribution < 1.29 is 23.5 Å². The lowest BCUT2D eigenvalue weighted by atomic mass is 10.5. The van der Waals surface area contributed by atoms with Gasteiger partial charge >= 0.3 is 5.97 Å². The summed E-state index contributed by atoms with van der Waals surface area (Å²) >= 11 is 3.69. The molecule has 84 valence electrons. The maximum atomic E-state index is 11.4. The Morgan fingerprint density at radius 2 is 2.13 bits per heavy atom. The van der Waals surface area contributed by atoms with E-state index in [2.05, 4.69) is 15.9 Å². The predicted octanol–water partition coefficient (Wildman–Crippen LogP) is 1.22. The van der Waals surface area contributed by atoms with Crippen LogP contribution in [0.3, 0.4) is 0 Å². The van der Waals surface area contributed by atoms with Crippen molar-refractivity contribution in [2.24, 2.45) is 0 Å². The van der Waals surface area contributed by atoms with Gasteiger partial charge in [0.1, 0.15) is 9.77 Å². The molecule has 15 heavy (non-hydrogen) atoms. The number of halogens is 1. The van der Waals surface area contributed by atoms with Gasteiger partial charge < -0.3 is 5.11 Å². The summed E-state index contributed by atoms with van der Waals surface area (Å²) in [6, 6.07) is 0.985. The van der Waals surface area contributed by atoms with Crippen molar-refractivity contribution in [1.82, 2.24) is 4.47 Å². The lowest BCUT2D eigenvalue weighted by Crippen LogP contribution is -2.22. The van der Waals surface area contributed by atoms with Gasteiger partial charge in [-0.05, 0) is 22.0 Å². The van der Waals surface area contributed by atoms with Crippen molar-refractivity contribution in [3.05, 3.63) is 14.7 Å². The predicted molar refractivity (Wildman–Crippen MR) is 55.7 cm³/mol. The van der Waals surface area contributed by atoms with Gasteiger partial charge in [0.2, 0.25) is 0 Å². The second-order valence-electron chi connectivity index (χ2n) is 2.49. The van der Waals surface area contributed by atoms with Crippen LogP contribution in [0.1, 0.15) is 9.67 Å². The molecule has 0 aliphatic rings. The van der Waals surface area contributed by atoms with Crippen LogP contribution in [0.25, 0.3) is 0 Å². The van der Waals surface area contributed by atoms with E-state index in [4.69, 9.17) is 10.3 Å². The van der Waals surface area contributed by atoms with E-state index in [1.165, 1.54) is 0 Å². The molecule has 0 atom stereocenters. The smallest absolute Gasteiger partial charge is 0.345 e. The Labute approximate surface area is 97.9 Å². The van der Waals surface area contributed by atoms with Crippen LogP contribution in [-0.4, -0.2) is 36.2 Å². The first kappa shape index (κ1) is 12.6. The van der Waals surface area contributed by atoms with E-state index in [9.17, 15) is 13.2 Å². The van der Waals surface area contributed by atoms with Crippen molar-refractivity contribution in [2.75, 3.05) is 7.05 Å². The molecule has 0 fully saturated rings. The van der Waals surface area contributed by atoms with Gasteiger partial charge in [-0.2, -0.15) is 0 Å². The summed E-state index contributed by atoms with van der Waals surface area (Å²) in [7, 11) is -3.09. The summed E-state index contributed by atoms with van der Waals surface area (Å²) in [6.07, 6.45) is 0. The molecular formula is C6H6BrNO5S2. The fourth-order valence-corrected chi connectivity index (χ4v) is 3.91. The van der Waals surface area contributed by atoms with Crippen molar-refractivity contribution in [3.8, 4) is 0 Å². The number of carbonyl (C=O) groups is 1. The summed E-state index contributed by atoms with van der Waals surface area (Å²) in [4.78, 5) is 10.2. The molecular weight excluding hydrogens is 310 g/mol. The normalized spacial score (nSPS) is 12.0. The topological polar surface area (TPSA) is 94.9 Å². The van der Waals surface area contributed by atoms with Gasteiger partial charge in [0, 0.05) is 7.05 Å². The quantitative estimate of drug-likeness (QED) is 0.818. The van der Waals surface area contributed by atoms with E-state index in [-0.39, 0.29) is 18.0 Å². The number of thiophene rings is 1. The lowest BCUT2D eigenvalue weighted by molar-refractivity contribution is 0.0310. The molecule has 1 aromatic heterocycles. The number of carboxylic acids is 1. The lowest BCUT2D eigenvalue weighted by Gasteiger charge is -2.07. The number of sulfonamides is 1. The van der Waals surface area contributed by atoms with Crippen LogP contribution in [0.4, 0.5) is 0 Å². The summed E-state index contributed by atoms with van der Waals surface area (Å²) in [5.41, 5.74) is 0. The van der Waals surface area contributed by atoms with Crippen molar-refractivity contribution >= 4 is 43.3 Å². The van der Waals surface area contributed by atoms with E-state index >= 15 is 0 Å². The van der Waals surface area contributed by atoms with Gasteiger partial charge in [-0.15, -0.1) is 11.3 Å². The van der Waals surface area contributed by atoms with Gasteiger partial charge in [-0.25, -0.2) is 13.2 Å². The minimum Gasteiger partial charge on any atom is -0.477 e. The largest absolute Gasteiger partial charge is 0.477 e. The van der Waals surface area contributed by atoms with Crippen LogP contribution in [0.5, 0.6) is 0 Å². The second-order valence-corrected chi connectivity index (χ2v) is 6.78. The molecule has 0 aliphatic carbocycles. The van der Waals surface area contributed by atoms with Crippen LogP contribution in [-0.2, 0) is 10.0 Å². The zero-order valence-electron chi connectivity index (χ0n) is 7.34. The van der Waals surface area contributed by atoms with Crippen molar-refractivity contribution in [2.45, 2.75) is 4.90 Å². The molecule has 0 unspecified atom stereocenters. The number of hydroxylamine groups is 1. The van der Waals surface area contributed by atoms with Crippen molar-refractivity contribution in [1.29, 1.82) is 0 Å². The third-order valence-electron chi connectivity index (χ3n) is 1.49. The van der Waals surface area contributed by atoms with E-state index < -0.39 is 16.0 Å². The maximum Gasteiger partial charge on any atom is 0.345 e. The Kier molecular flexibility index (Phi) is 3.51. The fourth-order valence-electron chi connectivity index (χ4n) is 0.776. The third kappa shape index (κ3) is 2.37. The van der Waals surface area contributed by atoms with Gasteiger partial charge in [-0.1, -0.05) is 4.47 Å². The summed E-state index contributed by atoms with van der Waals surface area (Å²) < 4.78 is 23.1. The minimum absolute atomic E-state index is 0.0332. The molecule has 0 amide bonds. The molecule has 0 radical (unpaired) electrons. The molecule has 1 heterocycles. The first-order valence-corrected chi connectivity index (χ1v) is 6.52. The summed E-state index contributed by atoms with van der Waals surface area (Å²) in [6.45, 7) is 0. The highest BCUT2D eigenvalue weighted by Gasteiger charge is 2.26. The Morgan fingerprint density at radius 3 is 2.47 bits per heavy atom. The van der Waals surface area contributed by atoms with E-state index in [0.29, 0.717) is 0 Å². The molecule has 0 saturated carbocycles. The van der Waals surface area contributed by atoms with E-state index in [1.807, 2.05) is 0 Å². The van der Waals surface area contributed by atoms with Crippen LogP contribution in [0.15, 0.2) is 14.7 Å². The number of hydrogen-bond donors (Lipinski definition) is 2. The van der Waals surface area contributed by atoms with Crippen LogP contribution < -0.4 is 0 Å². The van der Waals surface area contributed by atoms with Gasteiger partial charge in [0.25, 0.3) is 10.0 Å². The number of hydrogen-bond acceptors (Lipinski definition) is 5. The average Bonchev–Trinajstić information content (AvgIpc) is 2.47. The van der Waals surface area contributed by atoms with Gasteiger partial charge in [-0.3, -0.25) is 5.21 Å². The Hall–Kier alpha value is -0.480. The zero-order valence-corrected chi connectivity index (χ0v) is 10.6. The van der Waals surface area contributed by atoms with E-state index in [0.717, 1.165) is 24.5 Å². The molecule has 2 N–H and O–H groups in total. The van der Waals surface area contributed by atoms with Crippen molar-refractivity contribution in [3.63, 3.8) is 0 Å². The summed E-state index contributed by atoms with van der Waals surface area (Å²) in [5.74, 6) is -1.22. The minimum atomic E-state index is -4.03. The fraction of sp³-hybridized carbons (Fsp3) is 0.167. The molecule has 1 rings (SSSR count). The van der Waals surface area contributed by atoms with Crippen LogP contribution in [0.2, 0.25) is 0 Å². The average molecular weight is 316 g/mol. The van der Waals surface area contributed by atoms with Gasteiger partial charge in [0.15, 0.2) is 0 Å². The number of aromatic carboxylic acids is 1. The van der Waals surface area contributed by atoms with Crippen LogP contribution >= 0.6 is 27.3 Å². The monoisotopic (exact) mass is 315 g/mol. The number of carboxylic acid groups (broad SMARTS) is 1. The summed E-state index contributed by atoms with van der Waals surface area (Å²) in [5, 5.41) is 17.5.